The van der Waals surface area contributed by atoms with Gasteiger partial charge in [-0.3, -0.25) is 4.79 Å². The predicted octanol–water partition coefficient (Wildman–Crippen LogP) is 2.87. The maximum atomic E-state index is 11.8. The molecule has 0 fully saturated rings. The molecule has 0 radical (unpaired) electrons. The molecular formula is C14H16N2O2. The van der Waals surface area contributed by atoms with Gasteiger partial charge in [0, 0.05) is 11.6 Å². The average molecular weight is 244 g/mol. The van der Waals surface area contributed by atoms with Crippen molar-refractivity contribution in [2.24, 2.45) is 0 Å². The highest BCUT2D eigenvalue weighted by Crippen LogP contribution is 2.18. The van der Waals surface area contributed by atoms with Crippen LogP contribution in [0.25, 0.3) is 11.5 Å². The van der Waals surface area contributed by atoms with Crippen molar-refractivity contribution < 1.29 is 9.21 Å². The second-order valence-electron chi connectivity index (χ2n) is 4.18. The van der Waals surface area contributed by atoms with Crippen LogP contribution in [0.15, 0.2) is 40.9 Å². The SMILES string of the molecule is CCC(C)NC(=O)c1cnc(-c2ccccc2)o1. The molecular weight excluding hydrogens is 228 g/mol. The van der Waals surface area contributed by atoms with Gasteiger partial charge >= 0.3 is 0 Å². The van der Waals surface area contributed by atoms with Gasteiger partial charge < -0.3 is 9.73 Å². The van der Waals surface area contributed by atoms with Crippen molar-refractivity contribution in [3.8, 4) is 11.5 Å². The first-order chi connectivity index (χ1) is 8.70. The molecule has 0 aliphatic carbocycles. The first kappa shape index (κ1) is 12.4. The maximum Gasteiger partial charge on any atom is 0.288 e. The smallest absolute Gasteiger partial charge is 0.288 e. The van der Waals surface area contributed by atoms with E-state index in [2.05, 4.69) is 10.3 Å². The van der Waals surface area contributed by atoms with E-state index < -0.39 is 0 Å². The summed E-state index contributed by atoms with van der Waals surface area (Å²) in [6.45, 7) is 3.97. The number of rotatable bonds is 4. The van der Waals surface area contributed by atoms with Crippen LogP contribution in [0.4, 0.5) is 0 Å². The minimum Gasteiger partial charge on any atom is -0.431 e. The molecule has 1 heterocycles. The Morgan fingerprint density at radius 2 is 2.11 bits per heavy atom. The number of carbonyl (C=O) groups excluding carboxylic acids is 1. The van der Waals surface area contributed by atoms with E-state index in [1.165, 1.54) is 6.20 Å². The Balaban J connectivity index is 2.13. The van der Waals surface area contributed by atoms with Crippen LogP contribution in [-0.4, -0.2) is 16.9 Å². The fourth-order valence-corrected chi connectivity index (χ4v) is 1.49. The summed E-state index contributed by atoms with van der Waals surface area (Å²) in [5.74, 6) is 0.484. The lowest BCUT2D eigenvalue weighted by molar-refractivity contribution is 0.0912. The molecule has 0 spiro atoms. The molecule has 1 unspecified atom stereocenters. The van der Waals surface area contributed by atoms with Crippen molar-refractivity contribution in [1.29, 1.82) is 0 Å². The van der Waals surface area contributed by atoms with Gasteiger partial charge in [-0.1, -0.05) is 25.1 Å². The molecule has 1 N–H and O–H groups in total. The van der Waals surface area contributed by atoms with Gasteiger partial charge in [0.25, 0.3) is 5.91 Å². The molecule has 0 aliphatic heterocycles. The van der Waals surface area contributed by atoms with E-state index in [0.717, 1.165) is 12.0 Å². The van der Waals surface area contributed by atoms with E-state index in [4.69, 9.17) is 4.42 Å². The fraction of sp³-hybridized carbons (Fsp3) is 0.286. The van der Waals surface area contributed by atoms with Crippen molar-refractivity contribution >= 4 is 5.91 Å². The Bertz CT molecular complexity index is 520. The Morgan fingerprint density at radius 3 is 2.78 bits per heavy atom. The number of nitrogens with zero attached hydrogens (tertiary/aromatic N) is 1. The highest BCUT2D eigenvalue weighted by Gasteiger charge is 2.14. The molecule has 2 rings (SSSR count). The summed E-state index contributed by atoms with van der Waals surface area (Å²) in [6, 6.07) is 9.63. The number of oxazole rings is 1. The molecule has 4 heteroatoms. The summed E-state index contributed by atoms with van der Waals surface area (Å²) in [6.07, 6.45) is 2.34. The summed E-state index contributed by atoms with van der Waals surface area (Å²) in [4.78, 5) is 15.9. The first-order valence-electron chi connectivity index (χ1n) is 6.02. The predicted molar refractivity (Wildman–Crippen MR) is 69.2 cm³/mol. The van der Waals surface area contributed by atoms with Crippen molar-refractivity contribution in [3.05, 3.63) is 42.3 Å². The summed E-state index contributed by atoms with van der Waals surface area (Å²) < 4.78 is 5.45. The highest BCUT2D eigenvalue weighted by atomic mass is 16.4. The lowest BCUT2D eigenvalue weighted by Crippen LogP contribution is -2.31. The van der Waals surface area contributed by atoms with Crippen LogP contribution < -0.4 is 5.32 Å². The van der Waals surface area contributed by atoms with Crippen molar-refractivity contribution in [1.82, 2.24) is 10.3 Å². The number of hydrogen-bond donors (Lipinski definition) is 1. The fourth-order valence-electron chi connectivity index (χ4n) is 1.49. The van der Waals surface area contributed by atoms with E-state index in [9.17, 15) is 4.79 Å². The zero-order valence-corrected chi connectivity index (χ0v) is 10.5. The van der Waals surface area contributed by atoms with Gasteiger partial charge in [-0.2, -0.15) is 0 Å². The largest absolute Gasteiger partial charge is 0.431 e. The molecule has 0 saturated heterocycles. The molecule has 1 atom stereocenters. The second-order valence-corrected chi connectivity index (χ2v) is 4.18. The van der Waals surface area contributed by atoms with E-state index in [0.29, 0.717) is 5.89 Å². The van der Waals surface area contributed by atoms with Crippen LogP contribution in [0.1, 0.15) is 30.8 Å². The molecule has 1 aromatic carbocycles. The molecule has 2 aromatic rings. The van der Waals surface area contributed by atoms with E-state index in [1.807, 2.05) is 44.2 Å². The zero-order chi connectivity index (χ0) is 13.0. The molecule has 18 heavy (non-hydrogen) atoms. The van der Waals surface area contributed by atoms with Crippen LogP contribution in [-0.2, 0) is 0 Å². The number of carbonyl (C=O) groups is 1. The molecule has 1 amide bonds. The van der Waals surface area contributed by atoms with Crippen LogP contribution in [0.3, 0.4) is 0 Å². The van der Waals surface area contributed by atoms with Crippen LogP contribution in [0.5, 0.6) is 0 Å². The van der Waals surface area contributed by atoms with E-state index >= 15 is 0 Å². The van der Waals surface area contributed by atoms with Crippen molar-refractivity contribution in [2.45, 2.75) is 26.3 Å². The van der Waals surface area contributed by atoms with Gasteiger partial charge in [0.05, 0.1) is 6.20 Å². The van der Waals surface area contributed by atoms with E-state index in [1.54, 1.807) is 0 Å². The molecule has 4 nitrogen and oxygen atoms in total. The summed E-state index contributed by atoms with van der Waals surface area (Å²) in [5.41, 5.74) is 0.861. The first-order valence-corrected chi connectivity index (χ1v) is 6.02. The number of hydrogen-bond acceptors (Lipinski definition) is 3. The Morgan fingerprint density at radius 1 is 1.39 bits per heavy atom. The lowest BCUT2D eigenvalue weighted by Gasteiger charge is -2.08. The standard InChI is InChI=1S/C14H16N2O2/c1-3-10(2)16-13(17)12-9-15-14(18-12)11-7-5-4-6-8-11/h4-10H,3H2,1-2H3,(H,16,17). The zero-order valence-electron chi connectivity index (χ0n) is 10.5. The van der Waals surface area contributed by atoms with Gasteiger partial charge in [-0.05, 0) is 25.5 Å². The maximum absolute atomic E-state index is 11.8. The van der Waals surface area contributed by atoms with Crippen LogP contribution in [0, 0.1) is 0 Å². The summed E-state index contributed by atoms with van der Waals surface area (Å²) in [7, 11) is 0. The average Bonchev–Trinajstić information content (AvgIpc) is 2.89. The van der Waals surface area contributed by atoms with Gasteiger partial charge in [-0.25, -0.2) is 4.98 Å². The third kappa shape index (κ3) is 2.77. The van der Waals surface area contributed by atoms with Gasteiger partial charge in [-0.15, -0.1) is 0 Å². The normalized spacial score (nSPS) is 12.1. The molecule has 1 aromatic heterocycles. The van der Waals surface area contributed by atoms with Crippen LogP contribution in [0.2, 0.25) is 0 Å². The van der Waals surface area contributed by atoms with Gasteiger partial charge in [0.2, 0.25) is 11.7 Å². The molecule has 0 bridgehead atoms. The molecule has 0 saturated carbocycles. The number of aromatic nitrogens is 1. The lowest BCUT2D eigenvalue weighted by atomic mass is 10.2. The Kier molecular flexibility index (Phi) is 3.77. The van der Waals surface area contributed by atoms with Crippen molar-refractivity contribution in [3.63, 3.8) is 0 Å². The third-order valence-corrected chi connectivity index (χ3v) is 2.74. The topological polar surface area (TPSA) is 55.1 Å². The second kappa shape index (κ2) is 5.49. The summed E-state index contributed by atoms with van der Waals surface area (Å²) >= 11 is 0. The quantitative estimate of drug-likeness (QED) is 0.899. The minimum atomic E-state index is -0.223. The van der Waals surface area contributed by atoms with Crippen molar-refractivity contribution in [2.75, 3.05) is 0 Å². The summed E-state index contributed by atoms with van der Waals surface area (Å²) in [5, 5.41) is 2.84. The monoisotopic (exact) mass is 244 g/mol. The van der Waals surface area contributed by atoms with E-state index in [-0.39, 0.29) is 17.7 Å². The van der Waals surface area contributed by atoms with Gasteiger partial charge in [0.1, 0.15) is 0 Å². The number of benzene rings is 1. The Hall–Kier alpha value is -2.10. The molecule has 0 aliphatic rings. The van der Waals surface area contributed by atoms with Gasteiger partial charge in [0.15, 0.2) is 0 Å². The number of amides is 1. The minimum absolute atomic E-state index is 0.128. The Labute approximate surface area is 106 Å². The third-order valence-electron chi connectivity index (χ3n) is 2.74. The highest BCUT2D eigenvalue weighted by molar-refractivity contribution is 5.91. The molecule has 94 valence electrons. The van der Waals surface area contributed by atoms with Crippen LogP contribution >= 0.6 is 0 Å². The number of nitrogens with one attached hydrogen (secondary N) is 1.